The molecule has 1 fully saturated rings. The van der Waals surface area contributed by atoms with E-state index in [9.17, 15) is 4.79 Å². The van der Waals surface area contributed by atoms with Gasteiger partial charge >= 0.3 is 0 Å². The molecule has 0 aliphatic carbocycles. The largest absolute Gasteiger partial charge is 0.339 e. The van der Waals surface area contributed by atoms with Crippen LogP contribution in [-0.2, 0) is 5.33 Å². The van der Waals surface area contributed by atoms with E-state index in [1.165, 1.54) is 12.0 Å². The predicted molar refractivity (Wildman–Crippen MR) is 78.0 cm³/mol. The van der Waals surface area contributed by atoms with Crippen LogP contribution in [0.4, 0.5) is 0 Å². The fraction of sp³-hybridized carbons (Fsp3) is 0.533. The van der Waals surface area contributed by atoms with Gasteiger partial charge in [-0.05, 0) is 36.5 Å². The second-order valence-corrected chi connectivity index (χ2v) is 5.54. The van der Waals surface area contributed by atoms with Crippen LogP contribution in [0.25, 0.3) is 0 Å². The number of hydrogen-bond acceptors (Lipinski definition) is 1. The zero-order valence-electron chi connectivity index (χ0n) is 10.9. The Morgan fingerprint density at radius 2 is 1.89 bits per heavy atom. The molecule has 1 saturated heterocycles. The first-order valence-electron chi connectivity index (χ1n) is 6.68. The number of halogens is 1. The molecule has 0 radical (unpaired) electrons. The lowest BCUT2D eigenvalue weighted by Crippen LogP contribution is -2.38. The quantitative estimate of drug-likeness (QED) is 0.777. The fourth-order valence-electron chi connectivity index (χ4n) is 2.46. The lowest BCUT2D eigenvalue weighted by Gasteiger charge is -2.31. The van der Waals surface area contributed by atoms with Gasteiger partial charge in [0.05, 0.1) is 0 Å². The van der Waals surface area contributed by atoms with Crippen LogP contribution in [0, 0.1) is 5.92 Å². The van der Waals surface area contributed by atoms with Crippen molar-refractivity contribution in [1.29, 1.82) is 0 Å². The van der Waals surface area contributed by atoms with Gasteiger partial charge in [-0.15, -0.1) is 0 Å². The van der Waals surface area contributed by atoms with E-state index in [1.54, 1.807) is 0 Å². The van der Waals surface area contributed by atoms with Gasteiger partial charge in [-0.2, -0.15) is 0 Å². The SMILES string of the molecule is CCC1CCN(C(=O)c2ccc(CBr)cc2)CC1. The summed E-state index contributed by atoms with van der Waals surface area (Å²) in [5.41, 5.74) is 2.02. The first kappa shape index (κ1) is 13.6. The lowest BCUT2D eigenvalue weighted by atomic mass is 9.94. The Kier molecular flexibility index (Phi) is 4.81. The van der Waals surface area contributed by atoms with Crippen LogP contribution in [-0.4, -0.2) is 23.9 Å². The predicted octanol–water partition coefficient (Wildman–Crippen LogP) is 3.84. The molecule has 1 heterocycles. The first-order valence-corrected chi connectivity index (χ1v) is 7.81. The van der Waals surface area contributed by atoms with Gasteiger partial charge < -0.3 is 4.90 Å². The van der Waals surface area contributed by atoms with Crippen molar-refractivity contribution >= 4 is 21.8 Å². The number of nitrogens with zero attached hydrogens (tertiary/aromatic N) is 1. The Bertz CT molecular complexity index is 393. The maximum atomic E-state index is 12.3. The van der Waals surface area contributed by atoms with Crippen LogP contribution in [0.15, 0.2) is 24.3 Å². The van der Waals surface area contributed by atoms with E-state index in [0.717, 1.165) is 42.7 Å². The summed E-state index contributed by atoms with van der Waals surface area (Å²) < 4.78 is 0. The van der Waals surface area contributed by atoms with Crippen LogP contribution in [0.5, 0.6) is 0 Å². The summed E-state index contributed by atoms with van der Waals surface area (Å²) in [5.74, 6) is 0.996. The summed E-state index contributed by atoms with van der Waals surface area (Å²) in [6, 6.07) is 7.90. The summed E-state index contributed by atoms with van der Waals surface area (Å²) in [6.07, 6.45) is 3.55. The maximum Gasteiger partial charge on any atom is 0.253 e. The summed E-state index contributed by atoms with van der Waals surface area (Å²) in [5, 5.41) is 0.837. The molecule has 0 spiro atoms. The van der Waals surface area contributed by atoms with Crippen LogP contribution in [0.2, 0.25) is 0 Å². The van der Waals surface area contributed by atoms with Crippen molar-refractivity contribution in [2.75, 3.05) is 13.1 Å². The zero-order valence-corrected chi connectivity index (χ0v) is 12.4. The molecule has 18 heavy (non-hydrogen) atoms. The Morgan fingerprint density at radius 3 is 2.39 bits per heavy atom. The molecule has 98 valence electrons. The normalized spacial score (nSPS) is 16.9. The second-order valence-electron chi connectivity index (χ2n) is 4.97. The summed E-state index contributed by atoms with van der Waals surface area (Å²) in [6.45, 7) is 4.07. The molecule has 1 aromatic rings. The molecule has 0 saturated carbocycles. The first-order chi connectivity index (χ1) is 8.74. The topological polar surface area (TPSA) is 20.3 Å². The highest BCUT2D eigenvalue weighted by Crippen LogP contribution is 2.21. The highest BCUT2D eigenvalue weighted by molar-refractivity contribution is 9.08. The minimum Gasteiger partial charge on any atom is -0.339 e. The van der Waals surface area contributed by atoms with E-state index in [4.69, 9.17) is 0 Å². The molecule has 0 N–H and O–H groups in total. The Morgan fingerprint density at radius 1 is 1.28 bits per heavy atom. The van der Waals surface area contributed by atoms with Crippen molar-refractivity contribution in [1.82, 2.24) is 4.90 Å². The standard InChI is InChI=1S/C15H20BrNO/c1-2-12-7-9-17(10-8-12)15(18)14-5-3-13(11-16)4-6-14/h3-6,12H,2,7-11H2,1H3. The number of benzene rings is 1. The van der Waals surface area contributed by atoms with Gasteiger partial charge in [0.1, 0.15) is 0 Å². The monoisotopic (exact) mass is 309 g/mol. The van der Waals surface area contributed by atoms with Gasteiger partial charge in [0.2, 0.25) is 0 Å². The molecular weight excluding hydrogens is 290 g/mol. The average Bonchev–Trinajstić information content (AvgIpc) is 2.47. The number of carbonyl (C=O) groups excluding carboxylic acids is 1. The second kappa shape index (κ2) is 6.37. The van der Waals surface area contributed by atoms with Crippen molar-refractivity contribution in [3.63, 3.8) is 0 Å². The molecule has 1 aliphatic heterocycles. The van der Waals surface area contributed by atoms with Gasteiger partial charge in [-0.3, -0.25) is 4.79 Å². The van der Waals surface area contributed by atoms with Gasteiger partial charge in [-0.25, -0.2) is 0 Å². The van der Waals surface area contributed by atoms with Crippen molar-refractivity contribution in [2.24, 2.45) is 5.92 Å². The molecule has 0 unspecified atom stereocenters. The van der Waals surface area contributed by atoms with E-state index in [0.29, 0.717) is 0 Å². The summed E-state index contributed by atoms with van der Waals surface area (Å²) >= 11 is 3.41. The third-order valence-corrected chi connectivity index (χ3v) is 4.48. The van der Waals surface area contributed by atoms with Gasteiger partial charge in [0.25, 0.3) is 5.91 Å². The minimum absolute atomic E-state index is 0.186. The van der Waals surface area contributed by atoms with Gasteiger partial charge in [0, 0.05) is 24.0 Å². The molecule has 0 aromatic heterocycles. The van der Waals surface area contributed by atoms with Crippen LogP contribution in [0.1, 0.15) is 42.1 Å². The molecule has 2 nitrogen and oxygen atoms in total. The van der Waals surface area contributed by atoms with E-state index in [2.05, 4.69) is 22.9 Å². The highest BCUT2D eigenvalue weighted by atomic mass is 79.9. The maximum absolute atomic E-state index is 12.3. The van der Waals surface area contributed by atoms with E-state index in [1.807, 2.05) is 29.2 Å². The molecular formula is C15H20BrNO. The Labute approximate surface area is 117 Å². The highest BCUT2D eigenvalue weighted by Gasteiger charge is 2.22. The summed E-state index contributed by atoms with van der Waals surface area (Å²) in [7, 11) is 0. The van der Waals surface area contributed by atoms with Crippen molar-refractivity contribution in [3.8, 4) is 0 Å². The van der Waals surface area contributed by atoms with Crippen LogP contribution < -0.4 is 0 Å². The van der Waals surface area contributed by atoms with Crippen molar-refractivity contribution < 1.29 is 4.79 Å². The van der Waals surface area contributed by atoms with Gasteiger partial charge in [0.15, 0.2) is 0 Å². The molecule has 1 amide bonds. The Balaban J connectivity index is 1.98. The number of likely N-dealkylation sites (tertiary alicyclic amines) is 1. The van der Waals surface area contributed by atoms with E-state index >= 15 is 0 Å². The molecule has 1 aromatic carbocycles. The number of carbonyl (C=O) groups is 1. The van der Waals surface area contributed by atoms with Crippen LogP contribution in [0.3, 0.4) is 0 Å². The molecule has 2 rings (SSSR count). The van der Waals surface area contributed by atoms with Gasteiger partial charge in [-0.1, -0.05) is 41.4 Å². The van der Waals surface area contributed by atoms with Crippen molar-refractivity contribution in [3.05, 3.63) is 35.4 Å². The smallest absolute Gasteiger partial charge is 0.253 e. The third kappa shape index (κ3) is 3.14. The number of piperidine rings is 1. The van der Waals surface area contributed by atoms with E-state index < -0.39 is 0 Å². The third-order valence-electron chi connectivity index (χ3n) is 3.83. The lowest BCUT2D eigenvalue weighted by molar-refractivity contribution is 0.0689. The fourth-order valence-corrected chi connectivity index (χ4v) is 2.84. The number of alkyl halides is 1. The molecule has 3 heteroatoms. The van der Waals surface area contributed by atoms with E-state index in [-0.39, 0.29) is 5.91 Å². The number of amides is 1. The molecule has 0 atom stereocenters. The minimum atomic E-state index is 0.186. The Hall–Kier alpha value is -0.830. The molecule has 0 bridgehead atoms. The zero-order chi connectivity index (χ0) is 13.0. The van der Waals surface area contributed by atoms with Crippen molar-refractivity contribution in [2.45, 2.75) is 31.5 Å². The average molecular weight is 310 g/mol. The van der Waals surface area contributed by atoms with Crippen LogP contribution >= 0.6 is 15.9 Å². The number of hydrogen-bond donors (Lipinski definition) is 0. The summed E-state index contributed by atoms with van der Waals surface area (Å²) in [4.78, 5) is 14.3. The molecule has 1 aliphatic rings. The number of rotatable bonds is 3.